The molecule has 0 aliphatic heterocycles. The Morgan fingerprint density at radius 2 is 2.33 bits per heavy atom. The molecule has 2 atom stereocenters. The molecule has 1 aromatic carbocycles. The first kappa shape index (κ1) is 13.1. The van der Waals surface area contributed by atoms with Crippen molar-refractivity contribution in [3.63, 3.8) is 0 Å². The second-order valence-electron chi connectivity index (χ2n) is 4.41. The van der Waals surface area contributed by atoms with Gasteiger partial charge in [0.1, 0.15) is 12.0 Å². The molecular weight excluding hydrogens is 230 g/mol. The van der Waals surface area contributed by atoms with Gasteiger partial charge in [-0.2, -0.15) is 0 Å². The minimum atomic E-state index is -0.125. The van der Waals surface area contributed by atoms with E-state index >= 15 is 0 Å². The van der Waals surface area contributed by atoms with Crippen LogP contribution in [-0.4, -0.2) is 25.5 Å². The lowest BCUT2D eigenvalue weighted by Crippen LogP contribution is -2.27. The highest BCUT2D eigenvalue weighted by Crippen LogP contribution is 2.35. The first-order valence-electron chi connectivity index (χ1n) is 6.32. The minimum Gasteiger partial charge on any atom is -0.494 e. The molecule has 2 N–H and O–H groups in total. The first-order chi connectivity index (χ1) is 8.76. The number of hydrogen-bond donors (Lipinski definition) is 1. The van der Waals surface area contributed by atoms with Gasteiger partial charge in [0, 0.05) is 12.5 Å². The number of aldehydes is 1. The Labute approximate surface area is 107 Å². The van der Waals surface area contributed by atoms with Crippen LogP contribution in [0.4, 0.5) is 0 Å². The number of rotatable bonds is 6. The van der Waals surface area contributed by atoms with E-state index in [4.69, 9.17) is 15.2 Å². The Morgan fingerprint density at radius 3 is 3.06 bits per heavy atom. The van der Waals surface area contributed by atoms with Crippen LogP contribution in [0.3, 0.4) is 0 Å². The Kier molecular flexibility index (Phi) is 4.33. The van der Waals surface area contributed by atoms with Crippen LogP contribution < -0.4 is 10.5 Å². The zero-order chi connectivity index (χ0) is 13.0. The van der Waals surface area contributed by atoms with E-state index in [1.165, 1.54) is 5.56 Å². The molecule has 0 amide bonds. The van der Waals surface area contributed by atoms with Crippen molar-refractivity contribution in [2.45, 2.75) is 31.9 Å². The Balaban J connectivity index is 2.14. The summed E-state index contributed by atoms with van der Waals surface area (Å²) >= 11 is 0. The third-order valence-corrected chi connectivity index (χ3v) is 3.11. The van der Waals surface area contributed by atoms with Gasteiger partial charge in [-0.1, -0.05) is 6.07 Å². The lowest BCUT2D eigenvalue weighted by molar-refractivity contribution is -0.109. The van der Waals surface area contributed by atoms with Crippen molar-refractivity contribution in [2.75, 3.05) is 13.2 Å². The van der Waals surface area contributed by atoms with E-state index in [-0.39, 0.29) is 12.1 Å². The largest absolute Gasteiger partial charge is 0.494 e. The highest BCUT2D eigenvalue weighted by molar-refractivity contribution is 5.49. The zero-order valence-electron chi connectivity index (χ0n) is 10.6. The number of nitrogens with two attached hydrogens (primary N) is 1. The first-order valence-corrected chi connectivity index (χ1v) is 6.32. The molecule has 0 radical (unpaired) electrons. The van der Waals surface area contributed by atoms with Gasteiger partial charge in [0.25, 0.3) is 0 Å². The molecule has 0 spiro atoms. The standard InChI is InChI=1S/C14H19NO3/c1-2-17-11-5-4-10-8-13(15)14(12(10)9-11)18-7-3-6-16/h4-6,9,13-14H,2-3,7-8,15H2,1H3. The summed E-state index contributed by atoms with van der Waals surface area (Å²) in [6, 6.07) is 5.96. The molecule has 4 heteroatoms. The fraction of sp³-hybridized carbons (Fsp3) is 0.500. The van der Waals surface area contributed by atoms with Crippen molar-refractivity contribution in [3.05, 3.63) is 29.3 Å². The summed E-state index contributed by atoms with van der Waals surface area (Å²) in [6.07, 6.45) is 1.95. The van der Waals surface area contributed by atoms with Crippen molar-refractivity contribution in [3.8, 4) is 5.75 Å². The number of fused-ring (bicyclic) bond motifs is 1. The second-order valence-corrected chi connectivity index (χ2v) is 4.41. The van der Waals surface area contributed by atoms with Crippen LogP contribution in [0, 0.1) is 0 Å². The van der Waals surface area contributed by atoms with Crippen LogP contribution in [0.2, 0.25) is 0 Å². The summed E-state index contributed by atoms with van der Waals surface area (Å²) < 4.78 is 11.2. The van der Waals surface area contributed by atoms with Crippen LogP contribution in [0.5, 0.6) is 5.75 Å². The van der Waals surface area contributed by atoms with Crippen LogP contribution >= 0.6 is 0 Å². The van der Waals surface area contributed by atoms with E-state index in [9.17, 15) is 4.79 Å². The molecule has 2 rings (SSSR count). The molecule has 1 aromatic rings. The number of carbonyl (C=O) groups is 1. The maximum atomic E-state index is 10.3. The Morgan fingerprint density at radius 1 is 1.50 bits per heavy atom. The van der Waals surface area contributed by atoms with Crippen molar-refractivity contribution in [1.29, 1.82) is 0 Å². The van der Waals surface area contributed by atoms with Crippen LogP contribution in [0.1, 0.15) is 30.6 Å². The number of benzene rings is 1. The van der Waals surface area contributed by atoms with E-state index in [0.29, 0.717) is 19.6 Å². The van der Waals surface area contributed by atoms with Gasteiger partial charge < -0.3 is 20.0 Å². The molecule has 0 heterocycles. The predicted octanol–water partition coefficient (Wildman–Crippen LogP) is 1.62. The van der Waals surface area contributed by atoms with E-state index < -0.39 is 0 Å². The Bertz CT molecular complexity index is 420. The van der Waals surface area contributed by atoms with Crippen molar-refractivity contribution in [2.24, 2.45) is 5.73 Å². The van der Waals surface area contributed by atoms with Gasteiger partial charge in [-0.3, -0.25) is 0 Å². The maximum Gasteiger partial charge on any atom is 0.122 e. The predicted molar refractivity (Wildman–Crippen MR) is 68.7 cm³/mol. The van der Waals surface area contributed by atoms with Crippen LogP contribution in [-0.2, 0) is 16.0 Å². The molecule has 0 saturated carbocycles. The highest BCUT2D eigenvalue weighted by atomic mass is 16.5. The zero-order valence-corrected chi connectivity index (χ0v) is 10.6. The fourth-order valence-corrected chi connectivity index (χ4v) is 2.33. The number of carbonyl (C=O) groups excluding carboxylic acids is 1. The molecule has 0 bridgehead atoms. The molecule has 0 saturated heterocycles. The summed E-state index contributed by atoms with van der Waals surface area (Å²) in [6.45, 7) is 3.01. The summed E-state index contributed by atoms with van der Waals surface area (Å²) in [5, 5.41) is 0. The third-order valence-electron chi connectivity index (χ3n) is 3.11. The van der Waals surface area contributed by atoms with Crippen molar-refractivity contribution >= 4 is 6.29 Å². The monoisotopic (exact) mass is 249 g/mol. The molecule has 1 aliphatic carbocycles. The van der Waals surface area contributed by atoms with E-state index in [0.717, 1.165) is 24.0 Å². The summed E-state index contributed by atoms with van der Waals surface area (Å²) in [4.78, 5) is 10.3. The number of ether oxygens (including phenoxy) is 2. The minimum absolute atomic E-state index is 0.0384. The SMILES string of the molecule is CCOc1ccc2c(c1)C(OCCC=O)C(N)C2. The van der Waals surface area contributed by atoms with Crippen molar-refractivity contribution in [1.82, 2.24) is 0 Å². The fourth-order valence-electron chi connectivity index (χ4n) is 2.33. The summed E-state index contributed by atoms with van der Waals surface area (Å²) in [5.41, 5.74) is 8.39. The van der Waals surface area contributed by atoms with Gasteiger partial charge in [0.15, 0.2) is 0 Å². The molecule has 2 unspecified atom stereocenters. The molecular formula is C14H19NO3. The maximum absolute atomic E-state index is 10.3. The van der Waals surface area contributed by atoms with E-state index in [1.54, 1.807) is 0 Å². The molecule has 0 fully saturated rings. The average Bonchev–Trinajstić information content (AvgIpc) is 2.66. The third kappa shape index (κ3) is 2.71. The van der Waals surface area contributed by atoms with Crippen LogP contribution in [0.25, 0.3) is 0 Å². The lowest BCUT2D eigenvalue weighted by Gasteiger charge is -2.17. The highest BCUT2D eigenvalue weighted by Gasteiger charge is 2.30. The lowest BCUT2D eigenvalue weighted by atomic mass is 10.1. The molecule has 1 aliphatic rings. The number of hydrogen-bond acceptors (Lipinski definition) is 4. The topological polar surface area (TPSA) is 61.5 Å². The van der Waals surface area contributed by atoms with Crippen molar-refractivity contribution < 1.29 is 14.3 Å². The van der Waals surface area contributed by atoms with Gasteiger partial charge in [-0.05, 0) is 36.6 Å². The van der Waals surface area contributed by atoms with E-state index in [1.807, 2.05) is 25.1 Å². The van der Waals surface area contributed by atoms with Gasteiger partial charge in [0.2, 0.25) is 0 Å². The van der Waals surface area contributed by atoms with Gasteiger partial charge >= 0.3 is 0 Å². The average molecular weight is 249 g/mol. The van der Waals surface area contributed by atoms with E-state index in [2.05, 4.69) is 0 Å². The Hall–Kier alpha value is -1.39. The molecule has 4 nitrogen and oxygen atoms in total. The van der Waals surface area contributed by atoms with Gasteiger partial charge in [0.05, 0.1) is 19.3 Å². The van der Waals surface area contributed by atoms with Gasteiger partial charge in [-0.25, -0.2) is 0 Å². The summed E-state index contributed by atoms with van der Waals surface area (Å²) in [7, 11) is 0. The quantitative estimate of drug-likeness (QED) is 0.614. The second kappa shape index (κ2) is 5.98. The summed E-state index contributed by atoms with van der Waals surface area (Å²) in [5.74, 6) is 0.842. The normalized spacial score (nSPS) is 21.7. The smallest absolute Gasteiger partial charge is 0.122 e. The molecule has 0 aromatic heterocycles. The van der Waals surface area contributed by atoms with Crippen LogP contribution in [0.15, 0.2) is 18.2 Å². The molecule has 98 valence electrons. The van der Waals surface area contributed by atoms with Gasteiger partial charge in [-0.15, -0.1) is 0 Å². The molecule has 18 heavy (non-hydrogen) atoms.